The molecule has 0 bridgehead atoms. The summed E-state index contributed by atoms with van der Waals surface area (Å²) in [5.41, 5.74) is -0.138. The van der Waals surface area contributed by atoms with Crippen LogP contribution in [0.15, 0.2) is 12.4 Å². The molecule has 0 saturated carbocycles. The summed E-state index contributed by atoms with van der Waals surface area (Å²) in [4.78, 5) is 0. The maximum Gasteiger partial charge on any atom is 0.402 e. The van der Waals surface area contributed by atoms with Gasteiger partial charge < -0.3 is 5.32 Å². The van der Waals surface area contributed by atoms with Gasteiger partial charge in [-0.1, -0.05) is 6.92 Å². The number of hydrogen-bond donors (Lipinski definition) is 1. The molecule has 3 nitrogen and oxygen atoms in total. The molecule has 0 aromatic carbocycles. The second kappa shape index (κ2) is 6.02. The zero-order chi connectivity index (χ0) is 15.6. The maximum absolute atomic E-state index is 12.7. The molecule has 1 N–H and O–H groups in total. The van der Waals surface area contributed by atoms with Crippen molar-refractivity contribution in [1.29, 1.82) is 0 Å². The van der Waals surface area contributed by atoms with Crippen molar-refractivity contribution in [2.45, 2.75) is 38.3 Å². The number of aryl methyl sites for hydroxylation is 1. The van der Waals surface area contributed by atoms with Gasteiger partial charge >= 0.3 is 12.4 Å². The second-order valence-corrected chi connectivity index (χ2v) is 4.36. The van der Waals surface area contributed by atoms with Gasteiger partial charge in [0, 0.05) is 18.3 Å². The minimum absolute atomic E-state index is 0.138. The van der Waals surface area contributed by atoms with Gasteiger partial charge in [-0.25, -0.2) is 0 Å². The quantitative estimate of drug-likeness (QED) is 0.846. The van der Waals surface area contributed by atoms with Crippen LogP contribution in [0.2, 0.25) is 0 Å². The third-order valence-corrected chi connectivity index (χ3v) is 2.81. The van der Waals surface area contributed by atoms with Crippen LogP contribution in [0.3, 0.4) is 0 Å². The summed E-state index contributed by atoms with van der Waals surface area (Å²) in [7, 11) is 1.06. The first-order valence-corrected chi connectivity index (χ1v) is 5.94. The van der Waals surface area contributed by atoms with Crippen LogP contribution in [0.5, 0.6) is 0 Å². The lowest BCUT2D eigenvalue weighted by molar-refractivity contribution is -0.292. The largest absolute Gasteiger partial charge is 0.402 e. The summed E-state index contributed by atoms with van der Waals surface area (Å²) in [6.45, 7) is 2.25. The summed E-state index contributed by atoms with van der Waals surface area (Å²) in [5.74, 6) is -3.47. The van der Waals surface area contributed by atoms with Crippen molar-refractivity contribution in [3.8, 4) is 0 Å². The van der Waals surface area contributed by atoms with Crippen LogP contribution >= 0.6 is 0 Å². The molecule has 0 aliphatic carbocycles. The molecule has 9 heteroatoms. The number of nitrogens with one attached hydrogen (secondary N) is 1. The SMILES string of the molecule is CCCn1cc(C(NC)C(C(F)(F)F)C(F)(F)F)cn1. The molecule has 1 atom stereocenters. The van der Waals surface area contributed by atoms with Gasteiger partial charge in [-0.15, -0.1) is 0 Å². The van der Waals surface area contributed by atoms with Crippen molar-refractivity contribution < 1.29 is 26.3 Å². The summed E-state index contributed by atoms with van der Waals surface area (Å²) in [6.07, 6.45) is -7.87. The van der Waals surface area contributed by atoms with E-state index in [2.05, 4.69) is 10.4 Å². The molecule has 0 aliphatic heterocycles. The number of rotatable bonds is 5. The first kappa shape index (κ1) is 16.8. The van der Waals surface area contributed by atoms with Gasteiger partial charge in [-0.2, -0.15) is 31.4 Å². The monoisotopic (exact) mass is 303 g/mol. The van der Waals surface area contributed by atoms with Crippen molar-refractivity contribution in [1.82, 2.24) is 15.1 Å². The highest BCUT2D eigenvalue weighted by molar-refractivity contribution is 5.13. The van der Waals surface area contributed by atoms with E-state index in [0.717, 1.165) is 13.2 Å². The molecule has 1 heterocycles. The van der Waals surface area contributed by atoms with Crippen LogP contribution in [0, 0.1) is 5.92 Å². The molecule has 0 aliphatic rings. The summed E-state index contributed by atoms with van der Waals surface area (Å²) < 4.78 is 77.6. The first-order valence-electron chi connectivity index (χ1n) is 5.94. The van der Waals surface area contributed by atoms with Gasteiger partial charge in [0.15, 0.2) is 5.92 Å². The van der Waals surface area contributed by atoms with E-state index < -0.39 is 24.3 Å². The van der Waals surface area contributed by atoms with Gasteiger partial charge in [0.1, 0.15) is 0 Å². The van der Waals surface area contributed by atoms with E-state index in [0.29, 0.717) is 13.0 Å². The molecular formula is C11H15F6N3. The molecule has 0 fully saturated rings. The van der Waals surface area contributed by atoms with E-state index in [-0.39, 0.29) is 5.56 Å². The van der Waals surface area contributed by atoms with E-state index in [9.17, 15) is 26.3 Å². The van der Waals surface area contributed by atoms with E-state index in [4.69, 9.17) is 0 Å². The predicted octanol–water partition coefficient (Wildman–Crippen LogP) is 3.29. The Morgan fingerprint density at radius 1 is 1.20 bits per heavy atom. The van der Waals surface area contributed by atoms with Crippen molar-refractivity contribution in [2.24, 2.45) is 5.92 Å². The number of alkyl halides is 6. The minimum atomic E-state index is -5.39. The Kier molecular flexibility index (Phi) is 5.06. The highest BCUT2D eigenvalue weighted by Crippen LogP contribution is 2.46. The van der Waals surface area contributed by atoms with Crippen LogP contribution in [0.25, 0.3) is 0 Å². The Labute approximate surface area is 112 Å². The van der Waals surface area contributed by atoms with Crippen LogP contribution in [0.1, 0.15) is 24.9 Å². The number of nitrogens with zero attached hydrogens (tertiary/aromatic N) is 2. The lowest BCUT2D eigenvalue weighted by Crippen LogP contribution is -2.44. The standard InChI is InChI=1S/C11H15F6N3/c1-3-4-20-6-7(5-19-20)8(18-2)9(10(12,13)14)11(15,16)17/h5-6,8-9,18H,3-4H2,1-2H3. The van der Waals surface area contributed by atoms with Crippen molar-refractivity contribution in [3.63, 3.8) is 0 Å². The molecule has 0 spiro atoms. The Morgan fingerprint density at radius 3 is 2.15 bits per heavy atom. The van der Waals surface area contributed by atoms with Crippen molar-refractivity contribution >= 4 is 0 Å². The number of hydrogen-bond acceptors (Lipinski definition) is 2. The predicted molar refractivity (Wildman–Crippen MR) is 59.9 cm³/mol. The number of aromatic nitrogens is 2. The Morgan fingerprint density at radius 2 is 1.75 bits per heavy atom. The summed E-state index contributed by atoms with van der Waals surface area (Å²) in [6, 6.07) is -1.92. The molecule has 1 aromatic heterocycles. The van der Waals surface area contributed by atoms with Gasteiger partial charge in [0.25, 0.3) is 0 Å². The average Bonchev–Trinajstić information content (AvgIpc) is 2.71. The third-order valence-electron chi connectivity index (χ3n) is 2.81. The van der Waals surface area contributed by atoms with Crippen LogP contribution in [-0.2, 0) is 6.54 Å². The van der Waals surface area contributed by atoms with E-state index >= 15 is 0 Å². The Bertz CT molecular complexity index is 409. The fourth-order valence-corrected chi connectivity index (χ4v) is 1.98. The van der Waals surface area contributed by atoms with Gasteiger partial charge in [0.2, 0.25) is 0 Å². The average molecular weight is 303 g/mol. The molecule has 1 aromatic rings. The summed E-state index contributed by atoms with van der Waals surface area (Å²) in [5, 5.41) is 5.86. The normalized spacial score (nSPS) is 14.8. The zero-order valence-electron chi connectivity index (χ0n) is 10.9. The topological polar surface area (TPSA) is 29.9 Å². The first-order chi connectivity index (χ1) is 9.11. The molecule has 0 amide bonds. The van der Waals surface area contributed by atoms with Gasteiger partial charge in [0.05, 0.1) is 12.2 Å². The van der Waals surface area contributed by atoms with Crippen molar-refractivity contribution in [2.75, 3.05) is 7.05 Å². The lowest BCUT2D eigenvalue weighted by Gasteiger charge is -2.29. The van der Waals surface area contributed by atoms with E-state index in [1.54, 1.807) is 0 Å². The highest BCUT2D eigenvalue weighted by Gasteiger charge is 2.60. The van der Waals surface area contributed by atoms with E-state index in [1.165, 1.54) is 10.9 Å². The molecule has 0 radical (unpaired) electrons. The number of halogens is 6. The molecule has 0 saturated heterocycles. The maximum atomic E-state index is 12.7. The molecule has 1 rings (SSSR count). The zero-order valence-corrected chi connectivity index (χ0v) is 10.9. The van der Waals surface area contributed by atoms with Crippen LogP contribution in [0.4, 0.5) is 26.3 Å². The summed E-state index contributed by atoms with van der Waals surface area (Å²) >= 11 is 0. The molecule has 20 heavy (non-hydrogen) atoms. The fourth-order valence-electron chi connectivity index (χ4n) is 1.98. The minimum Gasteiger partial charge on any atom is -0.312 e. The molecule has 116 valence electrons. The van der Waals surface area contributed by atoms with E-state index in [1.807, 2.05) is 6.92 Å². The smallest absolute Gasteiger partial charge is 0.312 e. The molecule has 1 unspecified atom stereocenters. The Balaban J connectivity index is 3.13. The van der Waals surface area contributed by atoms with Crippen molar-refractivity contribution in [3.05, 3.63) is 18.0 Å². The van der Waals surface area contributed by atoms with Gasteiger partial charge in [-0.3, -0.25) is 4.68 Å². The lowest BCUT2D eigenvalue weighted by atomic mass is 9.94. The Hall–Kier alpha value is -1.25. The second-order valence-electron chi connectivity index (χ2n) is 4.36. The highest BCUT2D eigenvalue weighted by atomic mass is 19.4. The molecular weight excluding hydrogens is 288 g/mol. The van der Waals surface area contributed by atoms with Crippen LogP contribution < -0.4 is 5.32 Å². The van der Waals surface area contributed by atoms with Gasteiger partial charge in [-0.05, 0) is 13.5 Å². The fraction of sp³-hybridized carbons (Fsp3) is 0.727. The van der Waals surface area contributed by atoms with Crippen LogP contribution in [-0.4, -0.2) is 29.2 Å². The third kappa shape index (κ3) is 3.87.